The second-order valence-electron chi connectivity index (χ2n) is 6.48. The first kappa shape index (κ1) is 16.9. The third-order valence-corrected chi connectivity index (χ3v) is 6.36. The third kappa shape index (κ3) is 2.38. The number of carbonyl (C=O) groups excluding carboxylic acids is 3. The van der Waals surface area contributed by atoms with Crippen molar-refractivity contribution < 1.29 is 29.0 Å². The van der Waals surface area contributed by atoms with Crippen molar-refractivity contribution >= 4 is 35.5 Å². The predicted octanol–water partition coefficient (Wildman–Crippen LogP) is -0.232. The van der Waals surface area contributed by atoms with E-state index in [2.05, 4.69) is 5.32 Å². The Morgan fingerprint density at radius 3 is 2.73 bits per heavy atom. The highest BCUT2D eigenvalue weighted by molar-refractivity contribution is 8.00. The van der Waals surface area contributed by atoms with E-state index in [1.165, 1.54) is 11.8 Å². The van der Waals surface area contributed by atoms with E-state index < -0.39 is 40.9 Å². The number of nitrogens with zero attached hydrogens (tertiary/aromatic N) is 1. The monoisotopic (exact) mass is 376 g/mol. The molecular weight excluding hydrogens is 360 g/mol. The predicted molar refractivity (Wildman–Crippen MR) is 90.0 cm³/mol. The fourth-order valence-electron chi connectivity index (χ4n) is 3.74. The number of β-lactam (4-membered cyclic amide) rings is 1. The van der Waals surface area contributed by atoms with Gasteiger partial charge in [-0.1, -0.05) is 30.3 Å². The van der Waals surface area contributed by atoms with Crippen LogP contribution >= 0.6 is 11.8 Å². The smallest absolute Gasteiger partial charge is 0.371 e. The van der Waals surface area contributed by atoms with Gasteiger partial charge in [0.1, 0.15) is 6.04 Å². The van der Waals surface area contributed by atoms with Crippen molar-refractivity contribution in [2.24, 2.45) is 0 Å². The molecule has 8 nitrogen and oxygen atoms in total. The van der Waals surface area contributed by atoms with Crippen molar-refractivity contribution in [2.75, 3.05) is 5.75 Å². The minimum absolute atomic E-state index is 0.0432. The highest BCUT2D eigenvalue weighted by Gasteiger charge is 2.71. The average Bonchev–Trinajstić information content (AvgIpc) is 2.96. The largest absolute Gasteiger partial charge is 0.477 e. The molecule has 3 saturated heterocycles. The van der Waals surface area contributed by atoms with E-state index in [0.29, 0.717) is 5.75 Å². The standard InChI is InChI=1S/C17H16N2O6S/c20-12(6-9-4-2-1-3-5-9)18-14-10-8-26-11-7-13(21)25-17(11,16(23)24)19(10)15(14)22/h1-5,10-11,14H,6-8H2,(H,18,20)(H,23,24). The number of nitrogens with one attached hydrogen (secondary N) is 1. The van der Waals surface area contributed by atoms with E-state index in [1.54, 1.807) is 0 Å². The van der Waals surface area contributed by atoms with Crippen LogP contribution in [-0.2, 0) is 30.3 Å². The van der Waals surface area contributed by atoms with Crippen LogP contribution in [0.25, 0.3) is 0 Å². The van der Waals surface area contributed by atoms with Crippen molar-refractivity contribution in [3.8, 4) is 0 Å². The van der Waals surface area contributed by atoms with Crippen molar-refractivity contribution in [3.05, 3.63) is 35.9 Å². The van der Waals surface area contributed by atoms with Crippen LogP contribution in [0, 0.1) is 0 Å². The molecule has 2 N–H and O–H groups in total. The van der Waals surface area contributed by atoms with Gasteiger partial charge in [-0.25, -0.2) is 4.79 Å². The van der Waals surface area contributed by atoms with Gasteiger partial charge in [0.2, 0.25) is 5.91 Å². The van der Waals surface area contributed by atoms with Gasteiger partial charge in [0.05, 0.1) is 24.1 Å². The molecule has 0 spiro atoms. The second kappa shape index (κ2) is 6.01. The van der Waals surface area contributed by atoms with Gasteiger partial charge in [0, 0.05) is 5.75 Å². The summed E-state index contributed by atoms with van der Waals surface area (Å²) >= 11 is 1.29. The molecule has 0 aliphatic carbocycles. The summed E-state index contributed by atoms with van der Waals surface area (Å²) in [6.07, 6.45) is 0.0880. The summed E-state index contributed by atoms with van der Waals surface area (Å²) < 4.78 is 5.10. The lowest BCUT2D eigenvalue weighted by molar-refractivity contribution is -0.213. The molecule has 4 rings (SSSR count). The molecule has 0 saturated carbocycles. The van der Waals surface area contributed by atoms with Gasteiger partial charge in [-0.2, -0.15) is 0 Å². The number of benzene rings is 1. The molecule has 1 aromatic carbocycles. The molecule has 2 amide bonds. The molecule has 3 aliphatic heterocycles. The Balaban J connectivity index is 1.49. The summed E-state index contributed by atoms with van der Waals surface area (Å²) in [5.41, 5.74) is -1.14. The fraction of sp³-hybridized carbons (Fsp3) is 0.412. The van der Waals surface area contributed by atoms with Gasteiger partial charge < -0.3 is 15.2 Å². The molecule has 3 aliphatic rings. The maximum atomic E-state index is 12.6. The van der Waals surface area contributed by atoms with Crippen molar-refractivity contribution in [1.29, 1.82) is 0 Å². The summed E-state index contributed by atoms with van der Waals surface area (Å²) in [7, 11) is 0. The third-order valence-electron chi connectivity index (χ3n) is 4.93. The maximum absolute atomic E-state index is 12.6. The highest BCUT2D eigenvalue weighted by Crippen LogP contribution is 2.49. The number of rotatable bonds is 4. The zero-order valence-corrected chi connectivity index (χ0v) is 14.4. The van der Waals surface area contributed by atoms with Crippen molar-refractivity contribution in [1.82, 2.24) is 10.2 Å². The summed E-state index contributed by atoms with van der Waals surface area (Å²) in [5.74, 6) is -2.38. The minimum Gasteiger partial charge on any atom is -0.477 e. The first-order chi connectivity index (χ1) is 12.4. The number of carboxylic acids is 1. The van der Waals surface area contributed by atoms with E-state index >= 15 is 0 Å². The maximum Gasteiger partial charge on any atom is 0.371 e. The lowest BCUT2D eigenvalue weighted by Crippen LogP contribution is -2.82. The fourth-order valence-corrected chi connectivity index (χ4v) is 5.25. The quantitative estimate of drug-likeness (QED) is 0.551. The summed E-state index contributed by atoms with van der Waals surface area (Å²) in [4.78, 5) is 49.4. The van der Waals surface area contributed by atoms with Gasteiger partial charge >= 0.3 is 11.9 Å². The second-order valence-corrected chi connectivity index (χ2v) is 7.72. The number of amides is 2. The van der Waals surface area contributed by atoms with Gasteiger partial charge in [0.15, 0.2) is 0 Å². The normalized spacial score (nSPS) is 32.2. The molecule has 136 valence electrons. The van der Waals surface area contributed by atoms with E-state index in [1.807, 2.05) is 30.3 Å². The number of fused-ring (bicyclic) bond motifs is 3. The number of esters is 1. The van der Waals surface area contributed by atoms with Gasteiger partial charge in [0.25, 0.3) is 11.6 Å². The van der Waals surface area contributed by atoms with Gasteiger partial charge in [-0.05, 0) is 5.56 Å². The van der Waals surface area contributed by atoms with Crippen LogP contribution in [-0.4, -0.2) is 62.6 Å². The van der Waals surface area contributed by atoms with Crippen LogP contribution in [0.3, 0.4) is 0 Å². The molecule has 0 aromatic heterocycles. The zero-order chi connectivity index (χ0) is 18.5. The molecule has 3 fully saturated rings. The van der Waals surface area contributed by atoms with Gasteiger partial charge in [-0.15, -0.1) is 11.8 Å². The van der Waals surface area contributed by atoms with E-state index in [9.17, 15) is 24.3 Å². The molecule has 9 heteroatoms. The van der Waals surface area contributed by atoms with Crippen LogP contribution in [0.15, 0.2) is 30.3 Å². The van der Waals surface area contributed by atoms with Crippen LogP contribution < -0.4 is 5.32 Å². The Hall–Kier alpha value is -2.55. The zero-order valence-electron chi connectivity index (χ0n) is 13.6. The first-order valence-corrected chi connectivity index (χ1v) is 9.21. The molecule has 4 unspecified atom stereocenters. The van der Waals surface area contributed by atoms with E-state index in [-0.39, 0.29) is 18.7 Å². The summed E-state index contributed by atoms with van der Waals surface area (Å²) in [5, 5.41) is 11.7. The molecule has 0 bridgehead atoms. The number of aliphatic carboxylic acids is 1. The van der Waals surface area contributed by atoms with Crippen LogP contribution in [0.4, 0.5) is 0 Å². The molecule has 26 heavy (non-hydrogen) atoms. The lowest BCUT2D eigenvalue weighted by atomic mass is 9.89. The van der Waals surface area contributed by atoms with Crippen molar-refractivity contribution in [2.45, 2.75) is 35.9 Å². The number of hydrogen-bond acceptors (Lipinski definition) is 6. The summed E-state index contributed by atoms with van der Waals surface area (Å²) in [6, 6.07) is 7.81. The minimum atomic E-state index is -1.96. The van der Waals surface area contributed by atoms with Crippen LogP contribution in [0.2, 0.25) is 0 Å². The Kier molecular flexibility index (Phi) is 3.91. The van der Waals surface area contributed by atoms with Crippen LogP contribution in [0.1, 0.15) is 12.0 Å². The summed E-state index contributed by atoms with van der Waals surface area (Å²) in [6.45, 7) is 0. The Morgan fingerprint density at radius 1 is 1.31 bits per heavy atom. The molecule has 0 radical (unpaired) electrons. The Bertz CT molecular complexity index is 800. The Labute approximate surface area is 152 Å². The average molecular weight is 376 g/mol. The first-order valence-electron chi connectivity index (χ1n) is 8.17. The van der Waals surface area contributed by atoms with E-state index in [4.69, 9.17) is 4.74 Å². The number of ether oxygens (including phenoxy) is 1. The molecule has 4 atom stereocenters. The SMILES string of the molecule is O=C(Cc1ccccc1)NC1C(=O)N2C1CSC1CC(=O)OC12C(=O)O. The Morgan fingerprint density at radius 2 is 2.04 bits per heavy atom. The van der Waals surface area contributed by atoms with Crippen LogP contribution in [0.5, 0.6) is 0 Å². The van der Waals surface area contributed by atoms with E-state index in [0.717, 1.165) is 10.5 Å². The van der Waals surface area contributed by atoms with Crippen molar-refractivity contribution in [3.63, 3.8) is 0 Å². The highest BCUT2D eigenvalue weighted by atomic mass is 32.2. The molecule has 3 heterocycles. The number of thioether (sulfide) groups is 1. The van der Waals surface area contributed by atoms with Gasteiger partial charge in [-0.3, -0.25) is 19.3 Å². The number of carbonyl (C=O) groups is 4. The number of hydrogen-bond donors (Lipinski definition) is 2. The lowest BCUT2D eigenvalue weighted by Gasteiger charge is -2.56. The molecular formula is C17H16N2O6S. The number of carboxylic acid groups (broad SMARTS) is 1. The molecule has 1 aromatic rings. The topological polar surface area (TPSA) is 113 Å².